The zero-order chi connectivity index (χ0) is 20.1. The van der Waals surface area contributed by atoms with Crippen LogP contribution in [0.15, 0.2) is 36.5 Å². The van der Waals surface area contributed by atoms with Gasteiger partial charge in [-0.15, -0.1) is 0 Å². The van der Waals surface area contributed by atoms with Crippen LogP contribution in [0.3, 0.4) is 0 Å². The van der Waals surface area contributed by atoms with Gasteiger partial charge in [-0.3, -0.25) is 4.79 Å². The van der Waals surface area contributed by atoms with Gasteiger partial charge in [0.05, 0.1) is 11.9 Å². The second-order valence-electron chi connectivity index (χ2n) is 7.73. The van der Waals surface area contributed by atoms with Gasteiger partial charge in [-0.25, -0.2) is 4.98 Å². The third-order valence-electron chi connectivity index (χ3n) is 5.01. The van der Waals surface area contributed by atoms with E-state index < -0.39 is 0 Å². The number of ether oxygens (including phenoxy) is 1. The van der Waals surface area contributed by atoms with Crippen molar-refractivity contribution in [2.45, 2.75) is 26.7 Å². The topological polar surface area (TPSA) is 57.7 Å². The molecule has 0 unspecified atom stereocenters. The average Bonchev–Trinajstić information content (AvgIpc) is 2.67. The van der Waals surface area contributed by atoms with Crippen molar-refractivity contribution in [3.05, 3.63) is 47.7 Å². The Morgan fingerprint density at radius 1 is 1.18 bits per heavy atom. The summed E-state index contributed by atoms with van der Waals surface area (Å²) in [6.07, 6.45) is 1.71. The van der Waals surface area contributed by atoms with E-state index in [1.165, 1.54) is 0 Å². The Balaban J connectivity index is 1.55. The summed E-state index contributed by atoms with van der Waals surface area (Å²) >= 11 is 0. The maximum atomic E-state index is 12.3. The predicted octanol–water partition coefficient (Wildman–Crippen LogP) is 3.28. The zero-order valence-corrected chi connectivity index (χ0v) is 17.2. The molecule has 1 aromatic heterocycles. The minimum absolute atomic E-state index is 0.0244. The van der Waals surface area contributed by atoms with Gasteiger partial charge >= 0.3 is 0 Å². The maximum Gasteiger partial charge on any atom is 0.262 e. The predicted molar refractivity (Wildman–Crippen MR) is 113 cm³/mol. The molecule has 1 N–H and O–H groups in total. The molecule has 3 rings (SSSR count). The first kappa shape index (κ1) is 20.1. The van der Waals surface area contributed by atoms with Crippen molar-refractivity contribution in [3.8, 4) is 5.75 Å². The summed E-state index contributed by atoms with van der Waals surface area (Å²) in [5.41, 5.74) is 2.90. The molecule has 1 aliphatic rings. The highest BCUT2D eigenvalue weighted by molar-refractivity contribution is 5.91. The van der Waals surface area contributed by atoms with Gasteiger partial charge in [0.2, 0.25) is 0 Å². The molecule has 1 fully saturated rings. The largest absolute Gasteiger partial charge is 0.483 e. The number of hydrogen-bond acceptors (Lipinski definition) is 5. The van der Waals surface area contributed by atoms with Crippen molar-refractivity contribution in [3.63, 3.8) is 0 Å². The van der Waals surface area contributed by atoms with Gasteiger partial charge in [-0.2, -0.15) is 0 Å². The molecular formula is C22H30N4O2. The monoisotopic (exact) mass is 382 g/mol. The van der Waals surface area contributed by atoms with Crippen LogP contribution < -0.4 is 15.0 Å². The van der Waals surface area contributed by atoms with E-state index in [4.69, 9.17) is 4.74 Å². The van der Waals surface area contributed by atoms with E-state index in [9.17, 15) is 4.79 Å². The van der Waals surface area contributed by atoms with E-state index in [1.54, 1.807) is 6.20 Å². The Hall–Kier alpha value is -2.60. The molecule has 0 spiro atoms. The van der Waals surface area contributed by atoms with Crippen LogP contribution in [0.2, 0.25) is 0 Å². The summed E-state index contributed by atoms with van der Waals surface area (Å²) in [7, 11) is 2.13. The standard InChI is InChI=1S/C22H30N4O2/c1-16(2)19-7-5-17(3)13-20(19)28-15-22(27)24-18-6-8-21(23-14-18)26-11-9-25(4)10-12-26/h5-8,13-14,16H,9-12,15H2,1-4H3,(H,24,27). The quantitative estimate of drug-likeness (QED) is 0.831. The average molecular weight is 383 g/mol. The van der Waals surface area contributed by atoms with Gasteiger partial charge in [0.25, 0.3) is 5.91 Å². The number of aryl methyl sites for hydroxylation is 1. The third-order valence-corrected chi connectivity index (χ3v) is 5.01. The van der Waals surface area contributed by atoms with E-state index >= 15 is 0 Å². The minimum atomic E-state index is -0.189. The van der Waals surface area contributed by atoms with Crippen LogP contribution in [0.25, 0.3) is 0 Å². The number of carbonyl (C=O) groups excluding carboxylic acids is 1. The van der Waals surface area contributed by atoms with E-state index in [-0.39, 0.29) is 12.5 Å². The Kier molecular flexibility index (Phi) is 6.52. The van der Waals surface area contributed by atoms with E-state index in [2.05, 4.69) is 53.1 Å². The fraction of sp³-hybridized carbons (Fsp3) is 0.455. The molecular weight excluding hydrogens is 352 g/mol. The highest BCUT2D eigenvalue weighted by atomic mass is 16.5. The van der Waals surface area contributed by atoms with E-state index in [1.807, 2.05) is 25.1 Å². The summed E-state index contributed by atoms with van der Waals surface area (Å²) in [4.78, 5) is 21.4. The number of piperazine rings is 1. The fourth-order valence-corrected chi connectivity index (χ4v) is 3.27. The third kappa shape index (κ3) is 5.23. The number of nitrogens with zero attached hydrogens (tertiary/aromatic N) is 3. The molecule has 1 aromatic carbocycles. The molecule has 0 radical (unpaired) electrons. The Morgan fingerprint density at radius 3 is 2.57 bits per heavy atom. The fourth-order valence-electron chi connectivity index (χ4n) is 3.27. The number of benzene rings is 1. The van der Waals surface area contributed by atoms with Gasteiger partial charge in [-0.1, -0.05) is 26.0 Å². The Bertz CT molecular complexity index is 797. The Labute approximate surface area is 167 Å². The number of rotatable bonds is 6. The SMILES string of the molecule is Cc1ccc(C(C)C)c(OCC(=O)Nc2ccc(N3CCN(C)CC3)nc2)c1. The highest BCUT2D eigenvalue weighted by Crippen LogP contribution is 2.27. The number of aromatic nitrogens is 1. The molecule has 0 atom stereocenters. The molecule has 0 bridgehead atoms. The molecule has 2 aromatic rings. The first-order chi connectivity index (χ1) is 13.4. The number of amides is 1. The van der Waals surface area contributed by atoms with Crippen molar-refractivity contribution in [1.82, 2.24) is 9.88 Å². The normalized spacial score (nSPS) is 15.0. The van der Waals surface area contributed by atoms with Crippen LogP contribution >= 0.6 is 0 Å². The van der Waals surface area contributed by atoms with E-state index in [0.29, 0.717) is 11.6 Å². The van der Waals surface area contributed by atoms with Crippen molar-refractivity contribution < 1.29 is 9.53 Å². The van der Waals surface area contributed by atoms with Crippen LogP contribution in [0.4, 0.5) is 11.5 Å². The van der Waals surface area contributed by atoms with Gasteiger partial charge < -0.3 is 19.9 Å². The van der Waals surface area contributed by atoms with Crippen molar-refractivity contribution in [1.29, 1.82) is 0 Å². The van der Waals surface area contributed by atoms with Gasteiger partial charge in [0.1, 0.15) is 11.6 Å². The molecule has 0 saturated carbocycles. The number of hydrogen-bond donors (Lipinski definition) is 1. The lowest BCUT2D eigenvalue weighted by atomic mass is 10.0. The molecule has 1 aliphatic heterocycles. The van der Waals surface area contributed by atoms with Crippen molar-refractivity contribution >= 4 is 17.4 Å². The number of nitrogens with one attached hydrogen (secondary N) is 1. The maximum absolute atomic E-state index is 12.3. The van der Waals surface area contributed by atoms with Crippen LogP contribution in [0, 0.1) is 6.92 Å². The zero-order valence-electron chi connectivity index (χ0n) is 17.2. The first-order valence-corrected chi connectivity index (χ1v) is 9.85. The smallest absolute Gasteiger partial charge is 0.262 e. The summed E-state index contributed by atoms with van der Waals surface area (Å²) in [6.45, 7) is 10.2. The summed E-state index contributed by atoms with van der Waals surface area (Å²) in [5, 5.41) is 2.86. The molecule has 150 valence electrons. The van der Waals surface area contributed by atoms with Crippen LogP contribution in [0.5, 0.6) is 5.75 Å². The minimum Gasteiger partial charge on any atom is -0.483 e. The van der Waals surface area contributed by atoms with Crippen LogP contribution in [0.1, 0.15) is 30.9 Å². The molecule has 6 nitrogen and oxygen atoms in total. The first-order valence-electron chi connectivity index (χ1n) is 9.85. The Morgan fingerprint density at radius 2 is 1.93 bits per heavy atom. The number of anilines is 2. The van der Waals surface area contributed by atoms with Gasteiger partial charge in [0, 0.05) is 26.2 Å². The second-order valence-corrected chi connectivity index (χ2v) is 7.73. The summed E-state index contributed by atoms with van der Waals surface area (Å²) in [6, 6.07) is 9.96. The lowest BCUT2D eigenvalue weighted by Crippen LogP contribution is -2.44. The number of pyridine rings is 1. The molecule has 2 heterocycles. The molecule has 1 saturated heterocycles. The second kappa shape index (κ2) is 9.06. The van der Waals surface area contributed by atoms with Gasteiger partial charge in [-0.05, 0) is 49.2 Å². The number of carbonyl (C=O) groups is 1. The molecule has 0 aliphatic carbocycles. The van der Waals surface area contributed by atoms with Crippen LogP contribution in [-0.4, -0.2) is 55.6 Å². The van der Waals surface area contributed by atoms with Crippen LogP contribution in [-0.2, 0) is 4.79 Å². The lowest BCUT2D eigenvalue weighted by Gasteiger charge is -2.33. The molecule has 1 amide bonds. The van der Waals surface area contributed by atoms with Crippen molar-refractivity contribution in [2.24, 2.45) is 0 Å². The summed E-state index contributed by atoms with van der Waals surface area (Å²) < 4.78 is 5.80. The van der Waals surface area contributed by atoms with E-state index in [0.717, 1.165) is 48.9 Å². The molecule has 28 heavy (non-hydrogen) atoms. The summed E-state index contributed by atoms with van der Waals surface area (Å²) in [5.74, 6) is 1.87. The van der Waals surface area contributed by atoms with Gasteiger partial charge in [0.15, 0.2) is 6.61 Å². The lowest BCUT2D eigenvalue weighted by molar-refractivity contribution is -0.118. The molecule has 6 heteroatoms. The highest BCUT2D eigenvalue weighted by Gasteiger charge is 2.15. The number of likely N-dealkylation sites (N-methyl/N-ethyl adjacent to an activating group) is 1. The van der Waals surface area contributed by atoms with Crippen molar-refractivity contribution in [2.75, 3.05) is 50.1 Å².